The lowest BCUT2D eigenvalue weighted by Crippen LogP contribution is -2.20. The number of aryl methyl sites for hydroxylation is 1. The van der Waals surface area contributed by atoms with Crippen LogP contribution < -0.4 is 5.32 Å². The van der Waals surface area contributed by atoms with Crippen molar-refractivity contribution >= 4 is 0 Å². The van der Waals surface area contributed by atoms with Gasteiger partial charge in [-0.25, -0.2) is 4.98 Å². The van der Waals surface area contributed by atoms with Crippen molar-refractivity contribution in [2.24, 2.45) is 0 Å². The van der Waals surface area contributed by atoms with Crippen molar-refractivity contribution in [1.82, 2.24) is 10.3 Å². The first-order chi connectivity index (χ1) is 7.22. The molecule has 1 unspecified atom stereocenters. The standard InChI is InChI=1S/C12H20N2O/c1-8(2)12-14-10-6-4-5-9(7-13-3)11(10)15-12/h8-9,13H,4-7H2,1-3H3. The molecule has 84 valence electrons. The largest absolute Gasteiger partial charge is 0.445 e. The molecule has 0 saturated heterocycles. The van der Waals surface area contributed by atoms with Crippen LogP contribution in [0.2, 0.25) is 0 Å². The van der Waals surface area contributed by atoms with Crippen molar-refractivity contribution in [2.75, 3.05) is 13.6 Å². The van der Waals surface area contributed by atoms with Crippen LogP contribution in [0, 0.1) is 0 Å². The van der Waals surface area contributed by atoms with Gasteiger partial charge < -0.3 is 9.73 Å². The molecule has 0 fully saturated rings. The molecule has 0 amide bonds. The summed E-state index contributed by atoms with van der Waals surface area (Å²) < 4.78 is 5.88. The maximum absolute atomic E-state index is 5.88. The van der Waals surface area contributed by atoms with E-state index >= 15 is 0 Å². The summed E-state index contributed by atoms with van der Waals surface area (Å²) in [6.45, 7) is 5.26. The van der Waals surface area contributed by atoms with Crippen LogP contribution in [0.15, 0.2) is 4.42 Å². The van der Waals surface area contributed by atoms with Crippen LogP contribution in [-0.4, -0.2) is 18.6 Å². The molecule has 2 rings (SSSR count). The van der Waals surface area contributed by atoms with E-state index in [0.29, 0.717) is 11.8 Å². The van der Waals surface area contributed by atoms with E-state index in [1.54, 1.807) is 0 Å². The van der Waals surface area contributed by atoms with Gasteiger partial charge in [0, 0.05) is 18.4 Å². The van der Waals surface area contributed by atoms with E-state index in [1.807, 2.05) is 7.05 Å². The molecule has 3 heteroatoms. The Morgan fingerprint density at radius 1 is 1.53 bits per heavy atom. The minimum absolute atomic E-state index is 0.394. The molecule has 15 heavy (non-hydrogen) atoms. The molecule has 0 aliphatic heterocycles. The molecule has 3 nitrogen and oxygen atoms in total. The highest BCUT2D eigenvalue weighted by molar-refractivity contribution is 5.19. The lowest BCUT2D eigenvalue weighted by molar-refractivity contribution is 0.379. The van der Waals surface area contributed by atoms with Crippen LogP contribution in [0.4, 0.5) is 0 Å². The Morgan fingerprint density at radius 2 is 2.33 bits per heavy atom. The smallest absolute Gasteiger partial charge is 0.197 e. The Labute approximate surface area is 91.3 Å². The van der Waals surface area contributed by atoms with Crippen LogP contribution in [0.25, 0.3) is 0 Å². The number of nitrogens with one attached hydrogen (secondary N) is 1. The van der Waals surface area contributed by atoms with Gasteiger partial charge in [0.25, 0.3) is 0 Å². The van der Waals surface area contributed by atoms with Crippen LogP contribution in [0.5, 0.6) is 0 Å². The van der Waals surface area contributed by atoms with Crippen LogP contribution >= 0.6 is 0 Å². The molecule has 1 aliphatic carbocycles. The first-order valence-electron chi connectivity index (χ1n) is 5.86. The van der Waals surface area contributed by atoms with Gasteiger partial charge in [-0.2, -0.15) is 0 Å². The molecule has 0 saturated carbocycles. The third-order valence-electron chi connectivity index (χ3n) is 3.03. The summed E-state index contributed by atoms with van der Waals surface area (Å²) >= 11 is 0. The second-order valence-corrected chi connectivity index (χ2v) is 4.66. The minimum atomic E-state index is 0.394. The third-order valence-corrected chi connectivity index (χ3v) is 3.03. The van der Waals surface area contributed by atoms with Gasteiger partial charge in [0.15, 0.2) is 5.89 Å². The molecule has 0 aromatic carbocycles. The van der Waals surface area contributed by atoms with Crippen molar-refractivity contribution < 1.29 is 4.42 Å². The van der Waals surface area contributed by atoms with Gasteiger partial charge in [0.2, 0.25) is 0 Å². The first kappa shape index (κ1) is 10.7. The molecule has 1 N–H and O–H groups in total. The van der Waals surface area contributed by atoms with E-state index < -0.39 is 0 Å². The fraction of sp³-hybridized carbons (Fsp3) is 0.750. The molecule has 1 aromatic rings. The zero-order chi connectivity index (χ0) is 10.8. The Hall–Kier alpha value is -0.830. The van der Waals surface area contributed by atoms with E-state index in [-0.39, 0.29) is 0 Å². The van der Waals surface area contributed by atoms with Gasteiger partial charge in [0.1, 0.15) is 5.76 Å². The number of nitrogens with zero attached hydrogens (tertiary/aromatic N) is 1. The molecule has 0 bridgehead atoms. The molecule has 1 heterocycles. The molecule has 1 atom stereocenters. The monoisotopic (exact) mass is 208 g/mol. The van der Waals surface area contributed by atoms with E-state index in [2.05, 4.69) is 24.1 Å². The Bertz CT molecular complexity index is 330. The lowest BCUT2D eigenvalue weighted by Gasteiger charge is -2.19. The van der Waals surface area contributed by atoms with E-state index in [1.165, 1.54) is 18.5 Å². The summed E-state index contributed by atoms with van der Waals surface area (Å²) in [5.41, 5.74) is 1.20. The molecular formula is C12H20N2O. The Balaban J connectivity index is 2.26. The van der Waals surface area contributed by atoms with Gasteiger partial charge in [-0.15, -0.1) is 0 Å². The van der Waals surface area contributed by atoms with Gasteiger partial charge in [-0.1, -0.05) is 13.8 Å². The highest BCUT2D eigenvalue weighted by atomic mass is 16.4. The highest BCUT2D eigenvalue weighted by Gasteiger charge is 2.26. The highest BCUT2D eigenvalue weighted by Crippen LogP contribution is 2.33. The quantitative estimate of drug-likeness (QED) is 0.829. The molecular weight excluding hydrogens is 188 g/mol. The number of fused-ring (bicyclic) bond motifs is 1. The third kappa shape index (κ3) is 2.07. The predicted molar refractivity (Wildman–Crippen MR) is 60.2 cm³/mol. The number of aromatic nitrogens is 1. The molecule has 1 aromatic heterocycles. The van der Waals surface area contributed by atoms with Crippen molar-refractivity contribution in [2.45, 2.75) is 44.9 Å². The second kappa shape index (κ2) is 4.35. The number of rotatable bonds is 3. The molecule has 0 spiro atoms. The van der Waals surface area contributed by atoms with E-state index in [4.69, 9.17) is 4.42 Å². The summed E-state index contributed by atoms with van der Waals surface area (Å²) in [6.07, 6.45) is 3.55. The Kier molecular flexibility index (Phi) is 3.10. The minimum Gasteiger partial charge on any atom is -0.445 e. The predicted octanol–water partition coefficient (Wildman–Crippen LogP) is 2.44. The van der Waals surface area contributed by atoms with Crippen molar-refractivity contribution in [1.29, 1.82) is 0 Å². The fourth-order valence-electron chi connectivity index (χ4n) is 2.22. The summed E-state index contributed by atoms with van der Waals surface area (Å²) in [7, 11) is 1.99. The summed E-state index contributed by atoms with van der Waals surface area (Å²) in [5, 5.41) is 3.23. The average Bonchev–Trinajstić information content (AvgIpc) is 2.63. The zero-order valence-corrected chi connectivity index (χ0v) is 9.84. The van der Waals surface area contributed by atoms with Crippen molar-refractivity contribution in [3.8, 4) is 0 Å². The number of likely N-dealkylation sites (N-methyl/N-ethyl adjacent to an activating group) is 1. The van der Waals surface area contributed by atoms with Crippen LogP contribution in [-0.2, 0) is 6.42 Å². The molecule has 1 aliphatic rings. The van der Waals surface area contributed by atoms with Gasteiger partial charge in [-0.3, -0.25) is 0 Å². The van der Waals surface area contributed by atoms with Gasteiger partial charge in [-0.05, 0) is 26.3 Å². The number of oxazole rings is 1. The first-order valence-corrected chi connectivity index (χ1v) is 5.86. The average molecular weight is 208 g/mol. The van der Waals surface area contributed by atoms with E-state index in [9.17, 15) is 0 Å². The SMILES string of the molecule is CNCC1CCCc2nc(C(C)C)oc21. The normalized spacial score (nSPS) is 20.7. The number of hydrogen-bond donors (Lipinski definition) is 1. The van der Waals surface area contributed by atoms with Crippen molar-refractivity contribution in [3.05, 3.63) is 17.3 Å². The van der Waals surface area contributed by atoms with Crippen molar-refractivity contribution in [3.63, 3.8) is 0 Å². The summed E-state index contributed by atoms with van der Waals surface area (Å²) in [5.74, 6) is 2.96. The molecule has 0 radical (unpaired) electrons. The lowest BCUT2D eigenvalue weighted by atomic mass is 9.91. The summed E-state index contributed by atoms with van der Waals surface area (Å²) in [4.78, 5) is 4.59. The maximum atomic E-state index is 5.88. The topological polar surface area (TPSA) is 38.1 Å². The van der Waals surface area contributed by atoms with E-state index in [0.717, 1.165) is 24.6 Å². The number of hydrogen-bond acceptors (Lipinski definition) is 3. The van der Waals surface area contributed by atoms with Crippen LogP contribution in [0.3, 0.4) is 0 Å². The maximum Gasteiger partial charge on any atom is 0.197 e. The van der Waals surface area contributed by atoms with Gasteiger partial charge >= 0.3 is 0 Å². The van der Waals surface area contributed by atoms with Crippen LogP contribution in [0.1, 0.15) is 55.9 Å². The van der Waals surface area contributed by atoms with Gasteiger partial charge in [0.05, 0.1) is 5.69 Å². The zero-order valence-electron chi connectivity index (χ0n) is 9.84. The second-order valence-electron chi connectivity index (χ2n) is 4.66. The summed E-state index contributed by atoms with van der Waals surface area (Å²) in [6, 6.07) is 0. The fourth-order valence-corrected chi connectivity index (χ4v) is 2.22. The Morgan fingerprint density at radius 3 is 3.00 bits per heavy atom.